The summed E-state index contributed by atoms with van der Waals surface area (Å²) >= 11 is 0. The smallest absolute Gasteiger partial charge is 0.348 e. The average Bonchev–Trinajstić information content (AvgIpc) is 2.78. The van der Waals surface area contributed by atoms with Crippen LogP contribution in [0.3, 0.4) is 0 Å². The average molecular weight is 469 g/mol. The molecule has 0 atom stereocenters. The van der Waals surface area contributed by atoms with Crippen LogP contribution < -0.4 is 9.47 Å². The first kappa shape index (κ1) is 25.5. The minimum absolute atomic E-state index is 0.0712. The van der Waals surface area contributed by atoms with Crippen LogP contribution in [-0.2, 0) is 9.53 Å². The zero-order chi connectivity index (χ0) is 25.4. The minimum Gasteiger partial charge on any atom is -0.490 e. The number of esters is 2. The number of ether oxygens (including phenoxy) is 3. The van der Waals surface area contributed by atoms with Crippen molar-refractivity contribution in [2.75, 3.05) is 13.2 Å². The Morgan fingerprint density at radius 2 is 1.65 bits per heavy atom. The predicted molar refractivity (Wildman–Crippen MR) is 117 cm³/mol. The van der Waals surface area contributed by atoms with E-state index >= 15 is 0 Å². The summed E-state index contributed by atoms with van der Waals surface area (Å²) in [6.07, 6.45) is 1.26. The third kappa shape index (κ3) is 5.92. The highest BCUT2D eigenvalue weighted by molar-refractivity contribution is 5.98. The van der Waals surface area contributed by atoms with E-state index in [2.05, 4.69) is 0 Å². The van der Waals surface area contributed by atoms with Gasteiger partial charge in [0, 0.05) is 12.1 Å². The molecule has 34 heavy (non-hydrogen) atoms. The van der Waals surface area contributed by atoms with Gasteiger partial charge in [-0.1, -0.05) is 6.07 Å². The van der Waals surface area contributed by atoms with Gasteiger partial charge in [-0.2, -0.15) is 5.26 Å². The van der Waals surface area contributed by atoms with Crippen LogP contribution in [0.1, 0.15) is 35.3 Å². The normalized spacial score (nSPS) is 10.7. The van der Waals surface area contributed by atoms with Gasteiger partial charge >= 0.3 is 11.9 Å². The summed E-state index contributed by atoms with van der Waals surface area (Å²) < 4.78 is 15.5. The second kappa shape index (κ2) is 11.2. The number of hydrogen-bond donors (Lipinski definition) is 0. The molecular formula is C22H19N3O9. The second-order valence-electron chi connectivity index (χ2n) is 6.57. The molecule has 12 nitrogen and oxygen atoms in total. The molecule has 0 saturated heterocycles. The van der Waals surface area contributed by atoms with E-state index in [-0.39, 0.29) is 35.8 Å². The number of nitro benzene ring substituents is 2. The lowest BCUT2D eigenvalue weighted by molar-refractivity contribution is -0.395. The monoisotopic (exact) mass is 469 g/mol. The summed E-state index contributed by atoms with van der Waals surface area (Å²) in [4.78, 5) is 45.3. The summed E-state index contributed by atoms with van der Waals surface area (Å²) in [5.41, 5.74) is -1.69. The first-order valence-electron chi connectivity index (χ1n) is 9.84. The molecule has 0 aliphatic rings. The zero-order valence-corrected chi connectivity index (χ0v) is 18.4. The van der Waals surface area contributed by atoms with Crippen molar-refractivity contribution in [1.82, 2.24) is 0 Å². The molecule has 0 N–H and O–H groups in total. The Balaban J connectivity index is 2.45. The Morgan fingerprint density at radius 1 is 1.03 bits per heavy atom. The number of carbonyl (C=O) groups is 2. The van der Waals surface area contributed by atoms with E-state index in [9.17, 15) is 35.1 Å². The predicted octanol–water partition coefficient (Wildman–Crippen LogP) is 3.90. The largest absolute Gasteiger partial charge is 0.490 e. The van der Waals surface area contributed by atoms with Crippen molar-refractivity contribution < 1.29 is 33.6 Å². The van der Waals surface area contributed by atoms with Crippen molar-refractivity contribution in [3.8, 4) is 17.6 Å². The van der Waals surface area contributed by atoms with E-state index in [1.807, 2.05) is 0 Å². The van der Waals surface area contributed by atoms with Crippen LogP contribution in [0.5, 0.6) is 11.5 Å². The molecule has 176 valence electrons. The number of rotatable bonds is 9. The maximum atomic E-state index is 12.7. The van der Waals surface area contributed by atoms with Gasteiger partial charge in [-0.3, -0.25) is 20.2 Å². The lowest BCUT2D eigenvalue weighted by Crippen LogP contribution is -2.11. The van der Waals surface area contributed by atoms with E-state index in [0.717, 1.165) is 12.1 Å². The van der Waals surface area contributed by atoms with Crippen molar-refractivity contribution in [2.45, 2.75) is 20.8 Å². The summed E-state index contributed by atoms with van der Waals surface area (Å²) in [6.45, 7) is 4.73. The van der Waals surface area contributed by atoms with Gasteiger partial charge in [0.05, 0.1) is 28.6 Å². The number of carbonyl (C=O) groups excluding carboxylic acids is 2. The molecule has 0 radical (unpaired) electrons. The van der Waals surface area contributed by atoms with Gasteiger partial charge in [0.2, 0.25) is 0 Å². The van der Waals surface area contributed by atoms with Crippen LogP contribution in [0.25, 0.3) is 6.08 Å². The highest BCUT2D eigenvalue weighted by Gasteiger charge is 2.26. The van der Waals surface area contributed by atoms with Gasteiger partial charge in [0.25, 0.3) is 11.4 Å². The van der Waals surface area contributed by atoms with Crippen molar-refractivity contribution in [2.24, 2.45) is 0 Å². The van der Waals surface area contributed by atoms with Crippen LogP contribution >= 0.6 is 0 Å². The topological polar surface area (TPSA) is 172 Å². The van der Waals surface area contributed by atoms with Crippen LogP contribution in [-0.4, -0.2) is 35.0 Å². The third-order valence-electron chi connectivity index (χ3n) is 4.38. The highest BCUT2D eigenvalue weighted by Crippen LogP contribution is 2.33. The Kier molecular flexibility index (Phi) is 8.38. The third-order valence-corrected chi connectivity index (χ3v) is 4.38. The molecule has 2 rings (SSSR count). The van der Waals surface area contributed by atoms with Gasteiger partial charge in [0.15, 0.2) is 11.5 Å². The quantitative estimate of drug-likeness (QED) is 0.131. The molecule has 2 aromatic carbocycles. The van der Waals surface area contributed by atoms with Crippen LogP contribution in [0.4, 0.5) is 11.4 Å². The Labute approximate surface area is 193 Å². The molecule has 0 aromatic heterocycles. The van der Waals surface area contributed by atoms with Crippen molar-refractivity contribution in [3.63, 3.8) is 0 Å². The van der Waals surface area contributed by atoms with Gasteiger partial charge in [0.1, 0.15) is 17.2 Å². The van der Waals surface area contributed by atoms with Gasteiger partial charge in [-0.15, -0.1) is 0 Å². The summed E-state index contributed by atoms with van der Waals surface area (Å²) in [6, 6.07) is 7.68. The number of nitriles is 1. The fourth-order valence-corrected chi connectivity index (χ4v) is 2.82. The van der Waals surface area contributed by atoms with E-state index in [1.165, 1.54) is 31.2 Å². The van der Waals surface area contributed by atoms with Crippen molar-refractivity contribution in [1.29, 1.82) is 5.26 Å². The van der Waals surface area contributed by atoms with Gasteiger partial charge < -0.3 is 14.2 Å². The molecule has 0 aliphatic carbocycles. The van der Waals surface area contributed by atoms with E-state index in [4.69, 9.17) is 14.2 Å². The number of benzene rings is 2. The fourth-order valence-electron chi connectivity index (χ4n) is 2.82. The Hall–Kier alpha value is -4.79. The highest BCUT2D eigenvalue weighted by atomic mass is 16.6. The lowest BCUT2D eigenvalue weighted by Gasteiger charge is -2.12. The summed E-state index contributed by atoms with van der Waals surface area (Å²) in [7, 11) is 0. The van der Waals surface area contributed by atoms with Crippen LogP contribution in [0.2, 0.25) is 0 Å². The number of hydrogen-bond acceptors (Lipinski definition) is 10. The first-order chi connectivity index (χ1) is 16.1. The molecule has 0 aliphatic heterocycles. The number of nitrogens with zero attached hydrogens (tertiary/aromatic N) is 3. The molecular weight excluding hydrogens is 450 g/mol. The van der Waals surface area contributed by atoms with Gasteiger partial charge in [-0.05, 0) is 44.5 Å². The summed E-state index contributed by atoms with van der Waals surface area (Å²) in [5.74, 6) is -1.90. The standard InChI is InChI=1S/C22H19N3O9/c1-4-32-20-9-14(8-16(12-23)21(26)33-5-2)6-7-19(20)34-22(27)15-10-17(24(28)29)13(3)18(11-15)25(30)31/h6-11H,4-5H2,1-3H3/b16-8+. The first-order valence-corrected chi connectivity index (χ1v) is 9.84. The molecule has 0 fully saturated rings. The van der Waals surface area contributed by atoms with Crippen molar-refractivity contribution in [3.05, 3.63) is 72.8 Å². The Morgan fingerprint density at radius 3 is 2.15 bits per heavy atom. The summed E-state index contributed by atoms with van der Waals surface area (Å²) in [5, 5.41) is 31.7. The molecule has 0 heterocycles. The molecule has 0 unspecified atom stereocenters. The molecule has 2 aromatic rings. The number of nitro groups is 2. The van der Waals surface area contributed by atoms with Gasteiger partial charge in [-0.25, -0.2) is 9.59 Å². The zero-order valence-electron chi connectivity index (χ0n) is 18.4. The maximum Gasteiger partial charge on any atom is 0.348 e. The van der Waals surface area contributed by atoms with E-state index in [1.54, 1.807) is 19.9 Å². The minimum atomic E-state index is -1.08. The lowest BCUT2D eigenvalue weighted by atomic mass is 10.1. The molecule has 0 bridgehead atoms. The van der Waals surface area contributed by atoms with E-state index < -0.39 is 38.7 Å². The molecule has 12 heteroatoms. The Bertz CT molecular complexity index is 1190. The maximum absolute atomic E-state index is 12.7. The molecule has 0 amide bonds. The van der Waals surface area contributed by atoms with E-state index in [0.29, 0.717) is 5.56 Å². The van der Waals surface area contributed by atoms with Crippen LogP contribution in [0.15, 0.2) is 35.9 Å². The second-order valence-corrected chi connectivity index (χ2v) is 6.57. The fraction of sp³-hybridized carbons (Fsp3) is 0.227. The van der Waals surface area contributed by atoms with Crippen LogP contribution in [0, 0.1) is 38.5 Å². The molecule has 0 saturated carbocycles. The SMILES string of the molecule is CCOC(=O)/C(C#N)=C/c1ccc(OC(=O)c2cc([N+](=O)[O-])c(C)c([N+](=O)[O-])c2)c(OCC)c1. The molecule has 0 spiro atoms. The van der Waals surface area contributed by atoms with Crippen molar-refractivity contribution >= 4 is 29.4 Å².